The molecule has 0 fully saturated rings. The summed E-state index contributed by atoms with van der Waals surface area (Å²) < 4.78 is 40.7. The summed E-state index contributed by atoms with van der Waals surface area (Å²) in [6.45, 7) is 0. The molecule has 0 aliphatic heterocycles. The van der Waals surface area contributed by atoms with Crippen LogP contribution in [0.25, 0.3) is 16.6 Å². The molecule has 8 nitrogen and oxygen atoms in total. The number of fused-ring (bicyclic) bond motifs is 1. The number of benzene rings is 2. The maximum Gasteiger partial charge on any atom is 0.346 e. The number of carbonyl (C=O) groups is 1. The van der Waals surface area contributed by atoms with Gasteiger partial charge in [0, 0.05) is 5.38 Å². The van der Waals surface area contributed by atoms with Gasteiger partial charge in [0.25, 0.3) is 5.56 Å². The maximum absolute atomic E-state index is 14.6. The number of nitrogens with zero attached hydrogens (tertiary/aromatic N) is 1. The number of H-pyrrole nitrogens is 1. The average Bonchev–Trinajstić information content (AvgIpc) is 3.18. The van der Waals surface area contributed by atoms with Gasteiger partial charge in [0.15, 0.2) is 9.84 Å². The normalized spacial score (nSPS) is 11.7. The molecule has 0 saturated carbocycles. The molecule has 0 amide bonds. The van der Waals surface area contributed by atoms with Gasteiger partial charge in [0.05, 0.1) is 27.2 Å². The van der Waals surface area contributed by atoms with Crippen LogP contribution in [0.2, 0.25) is 0 Å². The maximum atomic E-state index is 14.6. The highest BCUT2D eigenvalue weighted by atomic mass is 32.2. The van der Waals surface area contributed by atoms with E-state index in [-0.39, 0.29) is 32.8 Å². The highest BCUT2D eigenvalue weighted by Crippen LogP contribution is 2.23. The molecule has 0 saturated heterocycles. The quantitative estimate of drug-likeness (QED) is 0.414. The first-order chi connectivity index (χ1) is 15.2. The predicted molar refractivity (Wildman–Crippen MR) is 117 cm³/mol. The number of carboxylic acids is 1. The number of hydrogen-bond acceptors (Lipinski definition) is 6. The first-order valence-corrected chi connectivity index (χ1v) is 11.8. The average molecular weight is 474 g/mol. The van der Waals surface area contributed by atoms with Crippen molar-refractivity contribution in [2.75, 3.05) is 5.75 Å². The van der Waals surface area contributed by atoms with Crippen LogP contribution in [0.1, 0.15) is 15.2 Å². The van der Waals surface area contributed by atoms with Crippen LogP contribution < -0.4 is 11.2 Å². The SMILES string of the molecule is O=C(O)c1scc2[nH]c(=O)n(-c3cc(S(=O)(=O)CCc4ccccc4)ccc3F)c(=O)c12. The molecule has 2 aromatic carbocycles. The Bertz CT molecular complexity index is 1570. The zero-order chi connectivity index (χ0) is 23.0. The van der Waals surface area contributed by atoms with Crippen molar-refractivity contribution in [3.8, 4) is 5.69 Å². The van der Waals surface area contributed by atoms with Gasteiger partial charge in [-0.25, -0.2) is 27.0 Å². The van der Waals surface area contributed by atoms with Crippen LogP contribution in [0.4, 0.5) is 4.39 Å². The molecule has 0 aliphatic carbocycles. The molecule has 2 N–H and O–H groups in total. The van der Waals surface area contributed by atoms with Crippen molar-refractivity contribution in [2.24, 2.45) is 0 Å². The van der Waals surface area contributed by atoms with Gasteiger partial charge in [-0.05, 0) is 30.2 Å². The first kappa shape index (κ1) is 21.7. The lowest BCUT2D eigenvalue weighted by molar-refractivity contribution is 0.0704. The Kier molecular flexibility index (Phi) is 5.53. The lowest BCUT2D eigenvalue weighted by Gasteiger charge is -2.10. The molecular weight excluding hydrogens is 459 g/mol. The molecule has 164 valence electrons. The van der Waals surface area contributed by atoms with Gasteiger partial charge >= 0.3 is 11.7 Å². The minimum atomic E-state index is -3.87. The standard InChI is InChI=1S/C21H15FN2O6S2/c22-14-7-6-13(32(29,30)9-8-12-4-2-1-3-5-12)10-16(14)24-19(25)17-15(23-21(24)28)11-31-18(17)20(26)27/h1-7,10-11H,8-9H2,(H,23,28)(H,26,27). The second-order valence-electron chi connectivity index (χ2n) is 6.90. The van der Waals surface area contributed by atoms with Crippen LogP contribution in [0.5, 0.6) is 0 Å². The summed E-state index contributed by atoms with van der Waals surface area (Å²) in [4.78, 5) is 38.6. The second-order valence-corrected chi connectivity index (χ2v) is 9.89. The van der Waals surface area contributed by atoms with Crippen molar-refractivity contribution < 1.29 is 22.7 Å². The molecule has 2 aromatic heterocycles. The number of rotatable bonds is 6. The second kappa shape index (κ2) is 8.17. The number of aromatic nitrogens is 2. The van der Waals surface area contributed by atoms with E-state index in [0.717, 1.165) is 35.1 Å². The summed E-state index contributed by atoms with van der Waals surface area (Å²) in [6, 6.07) is 11.7. The van der Waals surface area contributed by atoms with E-state index in [2.05, 4.69) is 4.98 Å². The number of halogens is 1. The molecule has 0 spiro atoms. The van der Waals surface area contributed by atoms with Crippen LogP contribution >= 0.6 is 11.3 Å². The monoisotopic (exact) mass is 474 g/mol. The molecule has 2 heterocycles. The topological polar surface area (TPSA) is 126 Å². The molecule has 0 atom stereocenters. The first-order valence-electron chi connectivity index (χ1n) is 9.25. The fourth-order valence-electron chi connectivity index (χ4n) is 3.29. The van der Waals surface area contributed by atoms with E-state index in [9.17, 15) is 32.3 Å². The van der Waals surface area contributed by atoms with E-state index in [1.165, 1.54) is 5.38 Å². The Morgan fingerprint density at radius 2 is 1.84 bits per heavy atom. The largest absolute Gasteiger partial charge is 0.477 e. The Hall–Kier alpha value is -3.57. The van der Waals surface area contributed by atoms with Gasteiger partial charge in [-0.3, -0.25) is 4.79 Å². The van der Waals surface area contributed by atoms with Gasteiger partial charge in [-0.15, -0.1) is 11.3 Å². The molecule has 11 heteroatoms. The molecule has 4 rings (SSSR count). The highest BCUT2D eigenvalue weighted by Gasteiger charge is 2.22. The number of thiophene rings is 1. The lowest BCUT2D eigenvalue weighted by atomic mass is 10.2. The third-order valence-corrected chi connectivity index (χ3v) is 7.55. The predicted octanol–water partition coefficient (Wildman–Crippen LogP) is 2.59. The van der Waals surface area contributed by atoms with Gasteiger partial charge in [0.2, 0.25) is 0 Å². The van der Waals surface area contributed by atoms with E-state index < -0.39 is 38.6 Å². The zero-order valence-electron chi connectivity index (χ0n) is 16.2. The van der Waals surface area contributed by atoms with Crippen molar-refractivity contribution in [3.63, 3.8) is 0 Å². The van der Waals surface area contributed by atoms with Crippen molar-refractivity contribution in [1.29, 1.82) is 0 Å². The van der Waals surface area contributed by atoms with Crippen LogP contribution in [0.3, 0.4) is 0 Å². The van der Waals surface area contributed by atoms with Crippen molar-refractivity contribution >= 4 is 38.0 Å². The van der Waals surface area contributed by atoms with Crippen LogP contribution in [-0.2, 0) is 16.3 Å². The lowest BCUT2D eigenvalue weighted by Crippen LogP contribution is -2.34. The molecule has 0 bridgehead atoms. The summed E-state index contributed by atoms with van der Waals surface area (Å²) in [5.74, 6) is -2.65. The summed E-state index contributed by atoms with van der Waals surface area (Å²) in [5, 5.41) is 10.3. The van der Waals surface area contributed by atoms with Crippen molar-refractivity contribution in [2.45, 2.75) is 11.3 Å². The molecule has 0 aliphatic rings. The molecule has 4 aromatic rings. The third kappa shape index (κ3) is 3.87. The minimum Gasteiger partial charge on any atom is -0.477 e. The van der Waals surface area contributed by atoms with Gasteiger partial charge in [-0.1, -0.05) is 30.3 Å². The number of aryl methyl sites for hydroxylation is 1. The molecule has 0 unspecified atom stereocenters. The zero-order valence-corrected chi connectivity index (χ0v) is 17.9. The molecular formula is C21H15FN2O6S2. The van der Waals surface area contributed by atoms with E-state index in [1.807, 2.05) is 0 Å². The summed E-state index contributed by atoms with van der Waals surface area (Å²) >= 11 is 0.741. The van der Waals surface area contributed by atoms with Crippen LogP contribution in [0.15, 0.2) is 68.4 Å². The van der Waals surface area contributed by atoms with Crippen LogP contribution in [0, 0.1) is 5.82 Å². The number of aromatic carboxylic acids is 1. The van der Waals surface area contributed by atoms with E-state index >= 15 is 0 Å². The minimum absolute atomic E-state index is 0.00527. The summed E-state index contributed by atoms with van der Waals surface area (Å²) in [6.07, 6.45) is 0.221. The number of sulfone groups is 1. The molecule has 0 radical (unpaired) electrons. The Morgan fingerprint density at radius 3 is 2.53 bits per heavy atom. The number of carboxylic acid groups (broad SMARTS) is 1. The number of aromatic amines is 1. The third-order valence-electron chi connectivity index (χ3n) is 4.87. The Balaban J connectivity index is 1.82. The van der Waals surface area contributed by atoms with Gasteiger partial charge in [0.1, 0.15) is 10.7 Å². The Morgan fingerprint density at radius 1 is 1.12 bits per heavy atom. The van der Waals surface area contributed by atoms with Crippen molar-refractivity contribution in [3.05, 3.63) is 91.0 Å². The van der Waals surface area contributed by atoms with E-state index in [0.29, 0.717) is 4.57 Å². The fraction of sp³-hybridized carbons (Fsp3) is 0.0952. The number of nitrogens with one attached hydrogen (secondary N) is 1. The van der Waals surface area contributed by atoms with Crippen LogP contribution in [-0.4, -0.2) is 34.8 Å². The smallest absolute Gasteiger partial charge is 0.346 e. The fourth-order valence-corrected chi connectivity index (χ4v) is 5.42. The van der Waals surface area contributed by atoms with E-state index in [4.69, 9.17) is 0 Å². The van der Waals surface area contributed by atoms with Gasteiger partial charge in [-0.2, -0.15) is 0 Å². The summed E-state index contributed by atoms with van der Waals surface area (Å²) in [7, 11) is -3.87. The highest BCUT2D eigenvalue weighted by molar-refractivity contribution is 7.91. The van der Waals surface area contributed by atoms with Crippen molar-refractivity contribution in [1.82, 2.24) is 9.55 Å². The number of hydrogen-bond donors (Lipinski definition) is 2. The Labute approximate surface area is 184 Å². The summed E-state index contributed by atoms with van der Waals surface area (Å²) in [5.41, 5.74) is -1.85. The molecule has 32 heavy (non-hydrogen) atoms. The van der Waals surface area contributed by atoms with E-state index in [1.54, 1.807) is 30.3 Å². The van der Waals surface area contributed by atoms with Gasteiger partial charge < -0.3 is 10.1 Å².